The van der Waals surface area contributed by atoms with Crippen molar-refractivity contribution >= 4 is 15.9 Å². The van der Waals surface area contributed by atoms with E-state index < -0.39 is 0 Å². The van der Waals surface area contributed by atoms with Crippen LogP contribution in [0.2, 0.25) is 0 Å². The van der Waals surface area contributed by atoms with Gasteiger partial charge in [0.05, 0.1) is 6.61 Å². The zero-order valence-electron chi connectivity index (χ0n) is 12.0. The number of aliphatic hydroxyl groups excluding tert-OH is 1. The van der Waals surface area contributed by atoms with Crippen LogP contribution in [-0.4, -0.2) is 23.9 Å². The second-order valence-corrected chi connectivity index (χ2v) is 6.23. The minimum atomic E-state index is -0.0842. The Morgan fingerprint density at radius 1 is 1.37 bits per heavy atom. The van der Waals surface area contributed by atoms with Crippen molar-refractivity contribution in [2.75, 3.05) is 13.2 Å². The molecule has 0 aromatic heterocycles. The van der Waals surface area contributed by atoms with Gasteiger partial charge >= 0.3 is 0 Å². The van der Waals surface area contributed by atoms with E-state index in [2.05, 4.69) is 48.1 Å². The Morgan fingerprint density at radius 2 is 2.11 bits per heavy atom. The summed E-state index contributed by atoms with van der Waals surface area (Å²) in [7, 11) is 0. The molecule has 0 amide bonds. The largest absolute Gasteiger partial charge is 0.493 e. The van der Waals surface area contributed by atoms with E-state index in [4.69, 9.17) is 9.84 Å². The van der Waals surface area contributed by atoms with Gasteiger partial charge in [0, 0.05) is 28.7 Å². The summed E-state index contributed by atoms with van der Waals surface area (Å²) in [6.07, 6.45) is 1.73. The Kier molecular flexibility index (Phi) is 6.83. The standard InChI is InChI=1S/C15H24BrNO2/c1-4-9-19-14-6-5-13(16)10-12(14)11-17-15(2,3)7-8-18/h5-6,10,17-18H,4,7-9,11H2,1-3H3. The lowest BCUT2D eigenvalue weighted by Crippen LogP contribution is -2.39. The molecule has 0 unspecified atom stereocenters. The van der Waals surface area contributed by atoms with Crippen molar-refractivity contribution in [1.29, 1.82) is 0 Å². The molecule has 1 aromatic carbocycles. The Bertz CT molecular complexity index is 394. The molecule has 0 radical (unpaired) electrons. The van der Waals surface area contributed by atoms with Crippen molar-refractivity contribution < 1.29 is 9.84 Å². The lowest BCUT2D eigenvalue weighted by Gasteiger charge is -2.26. The molecule has 3 nitrogen and oxygen atoms in total. The molecule has 0 spiro atoms. The third-order valence-electron chi connectivity index (χ3n) is 2.98. The molecule has 0 aliphatic rings. The highest BCUT2D eigenvalue weighted by Crippen LogP contribution is 2.24. The molecule has 0 aliphatic heterocycles. The van der Waals surface area contributed by atoms with Crippen LogP contribution in [0, 0.1) is 0 Å². The van der Waals surface area contributed by atoms with Crippen LogP contribution < -0.4 is 10.1 Å². The molecule has 0 saturated carbocycles. The Balaban J connectivity index is 2.72. The highest BCUT2D eigenvalue weighted by molar-refractivity contribution is 9.10. The van der Waals surface area contributed by atoms with E-state index in [0.717, 1.165) is 41.8 Å². The fourth-order valence-electron chi connectivity index (χ4n) is 1.74. The van der Waals surface area contributed by atoms with Crippen LogP contribution in [0.1, 0.15) is 39.2 Å². The Labute approximate surface area is 124 Å². The number of benzene rings is 1. The highest BCUT2D eigenvalue weighted by Gasteiger charge is 2.17. The summed E-state index contributed by atoms with van der Waals surface area (Å²) in [6.45, 7) is 7.93. The van der Waals surface area contributed by atoms with E-state index in [9.17, 15) is 0 Å². The van der Waals surface area contributed by atoms with Gasteiger partial charge in [0.15, 0.2) is 0 Å². The molecule has 1 aromatic rings. The maximum atomic E-state index is 9.04. The van der Waals surface area contributed by atoms with Crippen molar-refractivity contribution in [3.63, 3.8) is 0 Å². The summed E-state index contributed by atoms with van der Waals surface area (Å²) in [6, 6.07) is 6.07. The average Bonchev–Trinajstić information content (AvgIpc) is 2.35. The molecule has 0 heterocycles. The predicted molar refractivity (Wildman–Crippen MR) is 82.5 cm³/mol. The monoisotopic (exact) mass is 329 g/mol. The van der Waals surface area contributed by atoms with Gasteiger partial charge in [-0.3, -0.25) is 0 Å². The number of rotatable bonds is 8. The van der Waals surface area contributed by atoms with E-state index in [-0.39, 0.29) is 12.1 Å². The zero-order chi connectivity index (χ0) is 14.3. The predicted octanol–water partition coefficient (Wildman–Crippen LogP) is 3.49. The second-order valence-electron chi connectivity index (χ2n) is 5.31. The Morgan fingerprint density at radius 3 is 2.74 bits per heavy atom. The summed E-state index contributed by atoms with van der Waals surface area (Å²) >= 11 is 3.49. The zero-order valence-corrected chi connectivity index (χ0v) is 13.6. The lowest BCUT2D eigenvalue weighted by molar-refractivity contribution is 0.229. The average molecular weight is 330 g/mol. The molecular formula is C15H24BrNO2. The van der Waals surface area contributed by atoms with Crippen LogP contribution in [0.4, 0.5) is 0 Å². The summed E-state index contributed by atoms with van der Waals surface area (Å²) in [4.78, 5) is 0. The maximum Gasteiger partial charge on any atom is 0.123 e. The Hall–Kier alpha value is -0.580. The summed E-state index contributed by atoms with van der Waals surface area (Å²) in [5, 5.41) is 12.5. The smallest absolute Gasteiger partial charge is 0.123 e. The topological polar surface area (TPSA) is 41.5 Å². The molecule has 0 saturated heterocycles. The third kappa shape index (κ3) is 5.93. The first-order valence-electron chi connectivity index (χ1n) is 6.75. The quantitative estimate of drug-likeness (QED) is 0.767. The van der Waals surface area contributed by atoms with Gasteiger partial charge in [-0.2, -0.15) is 0 Å². The minimum Gasteiger partial charge on any atom is -0.493 e. The SMILES string of the molecule is CCCOc1ccc(Br)cc1CNC(C)(C)CCO. The first-order chi connectivity index (χ1) is 8.98. The summed E-state index contributed by atoms with van der Waals surface area (Å²) in [5.41, 5.74) is 1.05. The summed E-state index contributed by atoms with van der Waals surface area (Å²) < 4.78 is 6.81. The second kappa shape index (κ2) is 7.88. The van der Waals surface area contributed by atoms with Gasteiger partial charge in [-0.25, -0.2) is 0 Å². The number of aliphatic hydroxyl groups is 1. The minimum absolute atomic E-state index is 0.0842. The van der Waals surface area contributed by atoms with Gasteiger partial charge in [0.2, 0.25) is 0 Å². The van der Waals surface area contributed by atoms with E-state index in [1.807, 2.05) is 12.1 Å². The van der Waals surface area contributed by atoms with Crippen molar-refractivity contribution in [3.8, 4) is 5.75 Å². The van der Waals surface area contributed by atoms with Crippen LogP contribution in [0.15, 0.2) is 22.7 Å². The third-order valence-corrected chi connectivity index (χ3v) is 3.47. The molecule has 2 N–H and O–H groups in total. The highest BCUT2D eigenvalue weighted by atomic mass is 79.9. The molecule has 0 atom stereocenters. The van der Waals surface area contributed by atoms with Gasteiger partial charge in [0.1, 0.15) is 5.75 Å². The van der Waals surface area contributed by atoms with E-state index in [1.165, 1.54) is 0 Å². The first-order valence-corrected chi connectivity index (χ1v) is 7.55. The van der Waals surface area contributed by atoms with Crippen LogP contribution in [0.3, 0.4) is 0 Å². The van der Waals surface area contributed by atoms with Crippen LogP contribution in [0.5, 0.6) is 5.75 Å². The van der Waals surface area contributed by atoms with Crippen LogP contribution in [0.25, 0.3) is 0 Å². The van der Waals surface area contributed by atoms with Crippen molar-refractivity contribution in [2.24, 2.45) is 0 Å². The molecule has 108 valence electrons. The normalized spacial score (nSPS) is 11.6. The number of hydrogen-bond acceptors (Lipinski definition) is 3. The van der Waals surface area contributed by atoms with Gasteiger partial charge in [-0.15, -0.1) is 0 Å². The van der Waals surface area contributed by atoms with Gasteiger partial charge in [-0.1, -0.05) is 22.9 Å². The summed E-state index contributed by atoms with van der Waals surface area (Å²) in [5.74, 6) is 0.928. The molecule has 1 rings (SSSR count). The number of nitrogens with one attached hydrogen (secondary N) is 1. The van der Waals surface area contributed by atoms with Crippen molar-refractivity contribution in [2.45, 2.75) is 45.7 Å². The van der Waals surface area contributed by atoms with Crippen LogP contribution in [-0.2, 0) is 6.54 Å². The van der Waals surface area contributed by atoms with Crippen molar-refractivity contribution in [3.05, 3.63) is 28.2 Å². The van der Waals surface area contributed by atoms with Gasteiger partial charge in [0.25, 0.3) is 0 Å². The first kappa shape index (κ1) is 16.5. The number of ether oxygens (including phenoxy) is 1. The molecule has 19 heavy (non-hydrogen) atoms. The van der Waals surface area contributed by atoms with Crippen molar-refractivity contribution in [1.82, 2.24) is 5.32 Å². The van der Waals surface area contributed by atoms with Crippen LogP contribution >= 0.6 is 15.9 Å². The molecule has 4 heteroatoms. The fourth-order valence-corrected chi connectivity index (χ4v) is 2.15. The van der Waals surface area contributed by atoms with Gasteiger partial charge in [-0.05, 0) is 44.9 Å². The fraction of sp³-hybridized carbons (Fsp3) is 0.600. The van der Waals surface area contributed by atoms with E-state index in [1.54, 1.807) is 0 Å². The molecule has 0 bridgehead atoms. The maximum absolute atomic E-state index is 9.04. The van der Waals surface area contributed by atoms with E-state index in [0.29, 0.717) is 0 Å². The van der Waals surface area contributed by atoms with Gasteiger partial charge < -0.3 is 15.2 Å². The lowest BCUT2D eigenvalue weighted by atomic mass is 10.0. The molecular weight excluding hydrogens is 306 g/mol. The number of halogens is 1. The van der Waals surface area contributed by atoms with E-state index >= 15 is 0 Å². The number of hydrogen-bond donors (Lipinski definition) is 2. The molecule has 0 aliphatic carbocycles. The molecule has 0 fully saturated rings.